The molecule has 0 unspecified atom stereocenters. The van der Waals surface area contributed by atoms with Crippen LogP contribution in [0.2, 0.25) is 0 Å². The molecule has 0 atom stereocenters. The molecule has 0 radical (unpaired) electrons. The van der Waals surface area contributed by atoms with E-state index in [0.717, 1.165) is 28.4 Å². The quantitative estimate of drug-likeness (QED) is 0.839. The summed E-state index contributed by atoms with van der Waals surface area (Å²) >= 11 is 0. The lowest BCUT2D eigenvalue weighted by Gasteiger charge is -2.19. The second-order valence-corrected chi connectivity index (χ2v) is 4.39. The van der Waals surface area contributed by atoms with E-state index >= 15 is 0 Å². The molecule has 2 aromatic carbocycles. The Morgan fingerprint density at radius 1 is 1.05 bits per heavy atom. The summed E-state index contributed by atoms with van der Waals surface area (Å²) in [6, 6.07) is 13.2. The van der Waals surface area contributed by atoms with Crippen LogP contribution in [0.15, 0.2) is 36.4 Å². The number of ether oxygens (including phenoxy) is 3. The maximum Gasteiger partial charge on any atom is 0.161 e. The van der Waals surface area contributed by atoms with Crippen LogP contribution in [0.4, 0.5) is 0 Å². The normalized spacial score (nSPS) is 12.6. The summed E-state index contributed by atoms with van der Waals surface area (Å²) < 4.78 is 16.5. The highest BCUT2D eigenvalue weighted by Crippen LogP contribution is 2.37. The molecule has 100 valence electrons. The largest absolute Gasteiger partial charge is 0.496 e. The van der Waals surface area contributed by atoms with Crippen LogP contribution in [-0.4, -0.2) is 20.3 Å². The molecule has 0 fully saturated rings. The van der Waals surface area contributed by atoms with Gasteiger partial charge in [0.05, 0.1) is 18.7 Å². The van der Waals surface area contributed by atoms with Crippen LogP contribution in [0, 0.1) is 11.3 Å². The highest BCUT2D eigenvalue weighted by atomic mass is 16.6. The Labute approximate surface area is 117 Å². The van der Waals surface area contributed by atoms with Gasteiger partial charge in [0.1, 0.15) is 19.0 Å². The van der Waals surface area contributed by atoms with Gasteiger partial charge in [-0.2, -0.15) is 5.26 Å². The van der Waals surface area contributed by atoms with Gasteiger partial charge in [-0.15, -0.1) is 0 Å². The summed E-state index contributed by atoms with van der Waals surface area (Å²) in [4.78, 5) is 0. The Hall–Kier alpha value is -2.67. The minimum atomic E-state index is 0.547. The summed E-state index contributed by atoms with van der Waals surface area (Å²) in [5.74, 6) is 2.19. The number of methoxy groups -OCH3 is 1. The van der Waals surface area contributed by atoms with Crippen molar-refractivity contribution in [2.75, 3.05) is 20.3 Å². The zero-order chi connectivity index (χ0) is 13.9. The predicted octanol–water partition coefficient (Wildman–Crippen LogP) is 3.01. The number of hydrogen-bond acceptors (Lipinski definition) is 4. The summed E-state index contributed by atoms with van der Waals surface area (Å²) in [7, 11) is 1.61. The SMILES string of the molecule is COc1ccc(C#N)cc1-c1ccc2c(c1)OCCO2. The van der Waals surface area contributed by atoms with Crippen molar-refractivity contribution in [3.8, 4) is 34.4 Å². The van der Waals surface area contributed by atoms with Crippen molar-refractivity contribution < 1.29 is 14.2 Å². The van der Waals surface area contributed by atoms with Crippen molar-refractivity contribution in [2.45, 2.75) is 0 Å². The zero-order valence-corrected chi connectivity index (χ0v) is 11.1. The molecule has 0 saturated carbocycles. The molecule has 1 aliphatic heterocycles. The van der Waals surface area contributed by atoms with Gasteiger partial charge in [0.15, 0.2) is 11.5 Å². The number of rotatable bonds is 2. The number of fused-ring (bicyclic) bond motifs is 1. The van der Waals surface area contributed by atoms with Crippen molar-refractivity contribution in [1.29, 1.82) is 5.26 Å². The van der Waals surface area contributed by atoms with Gasteiger partial charge in [-0.3, -0.25) is 0 Å². The second-order valence-electron chi connectivity index (χ2n) is 4.39. The molecule has 0 amide bonds. The van der Waals surface area contributed by atoms with E-state index in [-0.39, 0.29) is 0 Å². The van der Waals surface area contributed by atoms with Gasteiger partial charge in [-0.05, 0) is 35.9 Å². The van der Waals surface area contributed by atoms with Crippen LogP contribution in [0.25, 0.3) is 11.1 Å². The molecule has 0 N–H and O–H groups in total. The average molecular weight is 267 g/mol. The Kier molecular flexibility index (Phi) is 3.18. The molecule has 0 aliphatic carbocycles. The molecule has 4 nitrogen and oxygen atoms in total. The molecular formula is C16H13NO3. The van der Waals surface area contributed by atoms with E-state index in [1.54, 1.807) is 19.2 Å². The predicted molar refractivity (Wildman–Crippen MR) is 74.1 cm³/mol. The fraction of sp³-hybridized carbons (Fsp3) is 0.188. The molecule has 1 aliphatic rings. The van der Waals surface area contributed by atoms with Gasteiger partial charge in [-0.25, -0.2) is 0 Å². The van der Waals surface area contributed by atoms with Crippen molar-refractivity contribution in [3.63, 3.8) is 0 Å². The highest BCUT2D eigenvalue weighted by Gasteiger charge is 2.14. The molecule has 0 aromatic heterocycles. The van der Waals surface area contributed by atoms with Crippen molar-refractivity contribution in [2.24, 2.45) is 0 Å². The molecule has 0 saturated heterocycles. The maximum absolute atomic E-state index is 9.03. The van der Waals surface area contributed by atoms with Crippen LogP contribution >= 0.6 is 0 Å². The summed E-state index contributed by atoms with van der Waals surface area (Å²) in [6.45, 7) is 1.12. The minimum Gasteiger partial charge on any atom is -0.496 e. The molecule has 20 heavy (non-hydrogen) atoms. The van der Waals surface area contributed by atoms with E-state index < -0.39 is 0 Å². The van der Waals surface area contributed by atoms with Crippen LogP contribution in [0.5, 0.6) is 17.2 Å². The van der Waals surface area contributed by atoms with Crippen LogP contribution < -0.4 is 14.2 Å². The van der Waals surface area contributed by atoms with E-state index in [1.807, 2.05) is 24.3 Å². The van der Waals surface area contributed by atoms with Gasteiger partial charge in [-0.1, -0.05) is 6.07 Å². The third-order valence-electron chi connectivity index (χ3n) is 3.18. The Bertz CT molecular complexity index is 689. The molecule has 0 spiro atoms. The lowest BCUT2D eigenvalue weighted by atomic mass is 10.0. The maximum atomic E-state index is 9.03. The van der Waals surface area contributed by atoms with Gasteiger partial charge in [0.2, 0.25) is 0 Å². The van der Waals surface area contributed by atoms with E-state index in [4.69, 9.17) is 19.5 Å². The number of nitrogens with zero attached hydrogens (tertiary/aromatic N) is 1. The van der Waals surface area contributed by atoms with E-state index in [0.29, 0.717) is 18.8 Å². The van der Waals surface area contributed by atoms with Gasteiger partial charge in [0.25, 0.3) is 0 Å². The molecular weight excluding hydrogens is 254 g/mol. The van der Waals surface area contributed by atoms with Gasteiger partial charge < -0.3 is 14.2 Å². The summed E-state index contributed by atoms with van der Waals surface area (Å²) in [6.07, 6.45) is 0. The lowest BCUT2D eigenvalue weighted by Crippen LogP contribution is -2.15. The van der Waals surface area contributed by atoms with Crippen molar-refractivity contribution >= 4 is 0 Å². The Balaban J connectivity index is 2.10. The third kappa shape index (κ3) is 2.14. The van der Waals surface area contributed by atoms with Crippen molar-refractivity contribution in [3.05, 3.63) is 42.0 Å². The fourth-order valence-electron chi connectivity index (χ4n) is 2.21. The van der Waals surface area contributed by atoms with Crippen molar-refractivity contribution in [1.82, 2.24) is 0 Å². The van der Waals surface area contributed by atoms with E-state index in [9.17, 15) is 0 Å². The first kappa shape index (κ1) is 12.4. The fourth-order valence-corrected chi connectivity index (χ4v) is 2.21. The summed E-state index contributed by atoms with van der Waals surface area (Å²) in [5, 5.41) is 9.03. The first-order valence-corrected chi connectivity index (χ1v) is 6.30. The average Bonchev–Trinajstić information content (AvgIpc) is 2.53. The molecule has 0 bridgehead atoms. The van der Waals surface area contributed by atoms with Gasteiger partial charge >= 0.3 is 0 Å². The van der Waals surface area contributed by atoms with Crippen LogP contribution in [0.1, 0.15) is 5.56 Å². The van der Waals surface area contributed by atoms with Crippen LogP contribution in [-0.2, 0) is 0 Å². The summed E-state index contributed by atoms with van der Waals surface area (Å²) in [5.41, 5.74) is 2.39. The molecule has 4 heteroatoms. The number of benzene rings is 2. The number of hydrogen-bond donors (Lipinski definition) is 0. The first-order valence-electron chi connectivity index (χ1n) is 6.30. The lowest BCUT2D eigenvalue weighted by molar-refractivity contribution is 0.171. The third-order valence-corrected chi connectivity index (χ3v) is 3.18. The monoisotopic (exact) mass is 267 g/mol. The second kappa shape index (κ2) is 5.14. The molecule has 2 aromatic rings. The molecule has 3 rings (SSSR count). The smallest absolute Gasteiger partial charge is 0.161 e. The molecule has 1 heterocycles. The number of nitriles is 1. The topological polar surface area (TPSA) is 51.5 Å². The van der Waals surface area contributed by atoms with E-state index in [2.05, 4.69) is 6.07 Å². The minimum absolute atomic E-state index is 0.547. The standard InChI is InChI=1S/C16H13NO3/c1-18-14-4-2-11(10-17)8-13(14)12-3-5-15-16(9-12)20-7-6-19-15/h2-5,8-9H,6-7H2,1H3. The highest BCUT2D eigenvalue weighted by molar-refractivity contribution is 5.74. The first-order chi connectivity index (χ1) is 9.81. The van der Waals surface area contributed by atoms with Crippen LogP contribution in [0.3, 0.4) is 0 Å². The van der Waals surface area contributed by atoms with Gasteiger partial charge in [0, 0.05) is 5.56 Å². The Morgan fingerprint density at radius 2 is 1.85 bits per heavy atom. The zero-order valence-electron chi connectivity index (χ0n) is 11.1. The van der Waals surface area contributed by atoms with E-state index in [1.165, 1.54) is 0 Å². The Morgan fingerprint density at radius 3 is 2.60 bits per heavy atom.